The highest BCUT2D eigenvalue weighted by Gasteiger charge is 2.20. The van der Waals surface area contributed by atoms with Crippen LogP contribution in [0.2, 0.25) is 0 Å². The summed E-state index contributed by atoms with van der Waals surface area (Å²) in [6, 6.07) is 8.56. The van der Waals surface area contributed by atoms with Crippen LogP contribution in [0, 0.1) is 0 Å². The van der Waals surface area contributed by atoms with Gasteiger partial charge in [-0.05, 0) is 57.4 Å². The van der Waals surface area contributed by atoms with Crippen molar-refractivity contribution in [1.82, 2.24) is 20.2 Å². The fourth-order valence-electron chi connectivity index (χ4n) is 3.10. The summed E-state index contributed by atoms with van der Waals surface area (Å²) in [4.78, 5) is 9.02. The summed E-state index contributed by atoms with van der Waals surface area (Å²) in [6.07, 6.45) is 4.77. The average Bonchev–Trinajstić information content (AvgIpc) is 3.27. The van der Waals surface area contributed by atoms with Gasteiger partial charge in [0.1, 0.15) is 0 Å². The molecule has 0 spiro atoms. The van der Waals surface area contributed by atoms with Crippen LogP contribution in [0.1, 0.15) is 44.6 Å². The average molecular weight is 377 g/mol. The zero-order chi connectivity index (χ0) is 19.7. The first kappa shape index (κ1) is 18.2. The highest BCUT2D eigenvalue weighted by Crippen LogP contribution is 2.34. The van der Waals surface area contributed by atoms with Crippen molar-refractivity contribution in [3.05, 3.63) is 53.5 Å². The molecule has 0 aliphatic heterocycles. The normalized spacial score (nSPS) is 13.0. The lowest BCUT2D eigenvalue weighted by Gasteiger charge is -2.10. The molecule has 0 amide bonds. The minimum absolute atomic E-state index is 0.0605. The minimum atomic E-state index is 0.0605. The molecule has 0 saturated heterocycles. The summed E-state index contributed by atoms with van der Waals surface area (Å²) in [5, 5.41) is 11.3. The fraction of sp³-hybridized carbons (Fsp3) is 0.333. The lowest BCUT2D eigenvalue weighted by Crippen LogP contribution is -2.09. The molecule has 7 nitrogen and oxygen atoms in total. The molecule has 1 N–H and O–H groups in total. The first-order chi connectivity index (χ1) is 13.5. The molecule has 0 radical (unpaired) electrons. The van der Waals surface area contributed by atoms with Gasteiger partial charge in [0.2, 0.25) is 11.8 Å². The Kier molecular flexibility index (Phi) is 4.81. The van der Waals surface area contributed by atoms with E-state index in [0.717, 1.165) is 23.1 Å². The summed E-state index contributed by atoms with van der Waals surface area (Å²) in [7, 11) is 0. The van der Waals surface area contributed by atoms with E-state index in [1.165, 1.54) is 5.56 Å². The number of benzene rings is 1. The van der Waals surface area contributed by atoms with Crippen molar-refractivity contribution in [3.63, 3.8) is 0 Å². The Hall–Kier alpha value is -3.22. The Morgan fingerprint density at radius 2 is 1.96 bits per heavy atom. The molecule has 7 heteroatoms. The van der Waals surface area contributed by atoms with Gasteiger partial charge >= 0.3 is 6.01 Å². The molecule has 2 heterocycles. The lowest BCUT2D eigenvalue weighted by atomic mass is 10.0. The van der Waals surface area contributed by atoms with Crippen LogP contribution >= 0.6 is 0 Å². The second-order valence-corrected chi connectivity index (χ2v) is 7.29. The Bertz CT molecular complexity index is 1020. The predicted octanol–water partition coefficient (Wildman–Crippen LogP) is 4.12. The number of hydrogen-bond donors (Lipinski definition) is 1. The maximum atomic E-state index is 5.74. The topological polar surface area (TPSA) is 86.0 Å². The van der Waals surface area contributed by atoms with E-state index in [1.807, 2.05) is 33.8 Å². The quantitative estimate of drug-likeness (QED) is 0.691. The van der Waals surface area contributed by atoms with Gasteiger partial charge in [-0.15, -0.1) is 5.10 Å². The van der Waals surface area contributed by atoms with E-state index in [9.17, 15) is 0 Å². The molecule has 2 aromatic heterocycles. The van der Waals surface area contributed by atoms with E-state index >= 15 is 0 Å². The highest BCUT2D eigenvalue weighted by molar-refractivity contribution is 5.83. The van der Waals surface area contributed by atoms with Crippen LogP contribution in [0.4, 0.5) is 6.01 Å². The standard InChI is InChI=1S/C21H23N5O2/c1-12(2)23-21-26-25-20(28-21)15-6-5-14-7-8-16(17(14)11-15)19-22-10-9-18(24-19)27-13(3)4/h5-6,8-13H,7H2,1-4H3,(H,23,26). The van der Waals surface area contributed by atoms with Crippen molar-refractivity contribution >= 4 is 11.6 Å². The summed E-state index contributed by atoms with van der Waals surface area (Å²) in [5.41, 5.74) is 4.16. The maximum Gasteiger partial charge on any atom is 0.315 e. The summed E-state index contributed by atoms with van der Waals surface area (Å²) in [5.74, 6) is 1.71. The summed E-state index contributed by atoms with van der Waals surface area (Å²) < 4.78 is 11.5. The van der Waals surface area contributed by atoms with Crippen molar-refractivity contribution in [2.24, 2.45) is 0 Å². The van der Waals surface area contributed by atoms with Gasteiger partial charge in [-0.3, -0.25) is 0 Å². The van der Waals surface area contributed by atoms with Crippen molar-refractivity contribution < 1.29 is 9.15 Å². The zero-order valence-electron chi connectivity index (χ0n) is 16.4. The Morgan fingerprint density at radius 1 is 1.11 bits per heavy atom. The third-order valence-corrected chi connectivity index (χ3v) is 4.24. The number of rotatable bonds is 6. The number of ether oxygens (including phenoxy) is 1. The SMILES string of the molecule is CC(C)Nc1nnc(-c2ccc3c(c2)C(c2nccc(OC(C)C)n2)=CC3)o1. The second-order valence-electron chi connectivity index (χ2n) is 7.29. The van der Waals surface area contributed by atoms with Crippen LogP contribution in [0.3, 0.4) is 0 Å². The van der Waals surface area contributed by atoms with Crippen molar-refractivity contribution in [2.45, 2.75) is 46.3 Å². The molecule has 0 fully saturated rings. The van der Waals surface area contributed by atoms with Gasteiger partial charge in [0.25, 0.3) is 0 Å². The molecule has 0 atom stereocenters. The van der Waals surface area contributed by atoms with Gasteiger partial charge < -0.3 is 14.5 Å². The number of nitrogens with one attached hydrogen (secondary N) is 1. The highest BCUT2D eigenvalue weighted by atomic mass is 16.5. The number of allylic oxidation sites excluding steroid dienone is 1. The van der Waals surface area contributed by atoms with E-state index < -0.39 is 0 Å². The number of anilines is 1. The molecule has 1 aromatic carbocycles. The molecule has 4 rings (SSSR count). The predicted molar refractivity (Wildman–Crippen MR) is 107 cm³/mol. The molecule has 1 aliphatic carbocycles. The van der Waals surface area contributed by atoms with Gasteiger partial charge in [-0.2, -0.15) is 4.98 Å². The minimum Gasteiger partial charge on any atom is -0.475 e. The van der Waals surface area contributed by atoms with E-state index in [0.29, 0.717) is 23.6 Å². The van der Waals surface area contributed by atoms with Gasteiger partial charge in [0.05, 0.1) is 6.10 Å². The van der Waals surface area contributed by atoms with Gasteiger partial charge in [0, 0.05) is 29.4 Å². The van der Waals surface area contributed by atoms with Crippen molar-refractivity contribution in [1.29, 1.82) is 0 Å². The largest absolute Gasteiger partial charge is 0.475 e. The Labute approximate surface area is 163 Å². The number of aromatic nitrogens is 4. The Balaban J connectivity index is 1.65. The van der Waals surface area contributed by atoms with Crippen LogP contribution in [0.15, 0.2) is 41.0 Å². The zero-order valence-corrected chi connectivity index (χ0v) is 16.4. The maximum absolute atomic E-state index is 5.74. The lowest BCUT2D eigenvalue weighted by molar-refractivity contribution is 0.232. The Morgan fingerprint density at radius 3 is 2.75 bits per heavy atom. The van der Waals surface area contributed by atoms with Gasteiger partial charge in [-0.1, -0.05) is 17.2 Å². The van der Waals surface area contributed by atoms with Crippen LogP contribution in [-0.2, 0) is 6.42 Å². The number of hydrogen-bond acceptors (Lipinski definition) is 7. The molecule has 0 saturated carbocycles. The van der Waals surface area contributed by atoms with E-state index in [4.69, 9.17) is 9.15 Å². The third kappa shape index (κ3) is 3.74. The van der Waals surface area contributed by atoms with E-state index in [1.54, 1.807) is 12.3 Å². The van der Waals surface area contributed by atoms with Crippen LogP contribution < -0.4 is 10.1 Å². The molecular weight excluding hydrogens is 354 g/mol. The molecule has 144 valence electrons. The first-order valence-electron chi connectivity index (χ1n) is 9.43. The number of nitrogens with zero attached hydrogens (tertiary/aromatic N) is 4. The van der Waals surface area contributed by atoms with E-state index in [-0.39, 0.29) is 12.1 Å². The molecule has 28 heavy (non-hydrogen) atoms. The van der Waals surface area contributed by atoms with Gasteiger partial charge in [0.15, 0.2) is 5.82 Å². The fourth-order valence-corrected chi connectivity index (χ4v) is 3.10. The van der Waals surface area contributed by atoms with Crippen molar-refractivity contribution in [3.8, 4) is 17.3 Å². The smallest absolute Gasteiger partial charge is 0.315 e. The van der Waals surface area contributed by atoms with Crippen LogP contribution in [0.5, 0.6) is 5.88 Å². The molecular formula is C21H23N5O2. The third-order valence-electron chi connectivity index (χ3n) is 4.24. The molecule has 0 unspecified atom stereocenters. The second kappa shape index (κ2) is 7.42. The summed E-state index contributed by atoms with van der Waals surface area (Å²) in [6.45, 7) is 8.00. The molecule has 3 aromatic rings. The number of fused-ring (bicyclic) bond motifs is 1. The van der Waals surface area contributed by atoms with Crippen molar-refractivity contribution in [2.75, 3.05) is 5.32 Å². The first-order valence-corrected chi connectivity index (χ1v) is 9.43. The molecule has 0 bridgehead atoms. The molecule has 1 aliphatic rings. The van der Waals surface area contributed by atoms with Crippen LogP contribution in [0.25, 0.3) is 17.0 Å². The monoisotopic (exact) mass is 377 g/mol. The summed E-state index contributed by atoms with van der Waals surface area (Å²) >= 11 is 0. The van der Waals surface area contributed by atoms with Gasteiger partial charge in [-0.25, -0.2) is 4.98 Å². The van der Waals surface area contributed by atoms with E-state index in [2.05, 4.69) is 43.7 Å². The van der Waals surface area contributed by atoms with Crippen LogP contribution in [-0.4, -0.2) is 32.3 Å².